The first-order chi connectivity index (χ1) is 14.8. The van der Waals surface area contributed by atoms with Gasteiger partial charge in [-0.05, 0) is 30.9 Å². The van der Waals surface area contributed by atoms with Crippen LogP contribution in [0.5, 0.6) is 0 Å². The molecule has 1 aliphatic carbocycles. The lowest BCUT2D eigenvalue weighted by atomic mass is 9.82. The molecule has 31 heavy (non-hydrogen) atoms. The molecule has 0 spiro atoms. The second-order valence-electron chi connectivity index (χ2n) is 8.08. The summed E-state index contributed by atoms with van der Waals surface area (Å²) < 4.78 is 15.0. The topological polar surface area (TPSA) is 134 Å². The first kappa shape index (κ1) is 20.7. The fourth-order valence-corrected chi connectivity index (χ4v) is 4.23. The maximum atomic E-state index is 15.0. The Morgan fingerprint density at radius 1 is 1.23 bits per heavy atom. The molecule has 9 nitrogen and oxygen atoms in total. The van der Waals surface area contributed by atoms with Crippen LogP contribution in [0.15, 0.2) is 24.7 Å². The molecule has 0 radical (unpaired) electrons. The molecule has 1 fully saturated rings. The van der Waals surface area contributed by atoms with E-state index in [2.05, 4.69) is 20.5 Å². The Kier molecular flexibility index (Phi) is 5.53. The minimum Gasteiger partial charge on any atom is -0.366 e. The molecule has 2 aromatic heterocycles. The van der Waals surface area contributed by atoms with Crippen molar-refractivity contribution in [1.82, 2.24) is 20.1 Å². The quantitative estimate of drug-likeness (QED) is 0.580. The second kappa shape index (κ2) is 8.29. The highest BCUT2D eigenvalue weighted by Crippen LogP contribution is 2.31. The van der Waals surface area contributed by atoms with E-state index >= 15 is 0 Å². The number of pyridine rings is 1. The van der Waals surface area contributed by atoms with Gasteiger partial charge in [-0.15, -0.1) is 0 Å². The molecule has 4 atom stereocenters. The molecule has 0 saturated carbocycles. The lowest BCUT2D eigenvalue weighted by molar-refractivity contribution is -0.147. The van der Waals surface area contributed by atoms with Crippen molar-refractivity contribution in [2.24, 2.45) is 17.6 Å². The molecule has 1 aliphatic heterocycles. The van der Waals surface area contributed by atoms with Crippen LogP contribution in [0, 0.1) is 11.8 Å². The van der Waals surface area contributed by atoms with Crippen molar-refractivity contribution in [3.8, 4) is 0 Å². The summed E-state index contributed by atoms with van der Waals surface area (Å²) in [6.07, 6.45) is 7.56. The summed E-state index contributed by atoms with van der Waals surface area (Å²) in [5.41, 5.74) is 5.52. The molecule has 2 unspecified atom stereocenters. The Hall–Kier alpha value is -3.56. The molecule has 0 bridgehead atoms. The van der Waals surface area contributed by atoms with Gasteiger partial charge in [0.1, 0.15) is 6.17 Å². The van der Waals surface area contributed by atoms with Gasteiger partial charge in [-0.1, -0.05) is 13.0 Å². The highest BCUT2D eigenvalue weighted by molar-refractivity contribution is 6.39. The second-order valence-corrected chi connectivity index (χ2v) is 8.08. The van der Waals surface area contributed by atoms with Crippen molar-refractivity contribution in [2.45, 2.75) is 32.0 Å². The van der Waals surface area contributed by atoms with Gasteiger partial charge in [0.2, 0.25) is 5.91 Å². The highest BCUT2D eigenvalue weighted by atomic mass is 19.1. The van der Waals surface area contributed by atoms with Gasteiger partial charge in [-0.25, -0.2) is 4.39 Å². The standard InChI is InChI=1S/C21H23FN6O3/c1-11-2-3-18(15-5-12-8-25-27-17(12)6-16(15)22)28(10-11)21(31)20(30)26-14-4-13(19(23)29)7-24-9-14/h4-9,11,15-16,18,27H,2-3,10H2,1H3,(H2,23,29)(H,26,30)/t11-,15?,16?,18+/m1/s1. The third kappa shape index (κ3) is 4.18. The van der Waals surface area contributed by atoms with E-state index in [1.165, 1.54) is 29.4 Å². The van der Waals surface area contributed by atoms with E-state index < -0.39 is 35.9 Å². The predicted octanol–water partition coefficient (Wildman–Crippen LogP) is -0.302. The number of aromatic nitrogens is 3. The normalized spacial score (nSPS) is 25.0. The Morgan fingerprint density at radius 2 is 2.03 bits per heavy atom. The van der Waals surface area contributed by atoms with Crippen molar-refractivity contribution >= 4 is 35.6 Å². The number of piperidine rings is 1. The minimum absolute atomic E-state index is 0.109. The first-order valence-electron chi connectivity index (χ1n) is 10.1. The molecule has 2 aromatic rings. The summed E-state index contributed by atoms with van der Waals surface area (Å²) in [4.78, 5) is 42.4. The number of nitrogens with one attached hydrogen (secondary N) is 2. The number of primary amides is 1. The van der Waals surface area contributed by atoms with Crippen LogP contribution in [0.3, 0.4) is 0 Å². The number of carbonyl (C=O) groups excluding carboxylic acids is 3. The summed E-state index contributed by atoms with van der Waals surface area (Å²) in [6, 6.07) is 0.887. The highest BCUT2D eigenvalue weighted by Gasteiger charge is 2.40. The average Bonchev–Trinajstić information content (AvgIpc) is 3.20. The van der Waals surface area contributed by atoms with E-state index in [1.54, 1.807) is 12.3 Å². The van der Waals surface area contributed by atoms with Crippen LogP contribution in [0.25, 0.3) is 12.2 Å². The van der Waals surface area contributed by atoms with Gasteiger partial charge in [0.15, 0.2) is 0 Å². The van der Waals surface area contributed by atoms with Gasteiger partial charge in [-0.3, -0.25) is 24.5 Å². The van der Waals surface area contributed by atoms with Crippen LogP contribution in [-0.2, 0) is 9.59 Å². The molecule has 3 heterocycles. The van der Waals surface area contributed by atoms with Crippen LogP contribution in [0.4, 0.5) is 10.1 Å². The average molecular weight is 426 g/mol. The molecular formula is C21H23FN6O3. The molecule has 4 N–H and O–H groups in total. The zero-order valence-corrected chi connectivity index (χ0v) is 16.9. The van der Waals surface area contributed by atoms with Crippen LogP contribution in [-0.4, -0.2) is 56.6 Å². The number of hydrogen-bond donors (Lipinski definition) is 3. The Morgan fingerprint density at radius 3 is 2.81 bits per heavy atom. The zero-order chi connectivity index (χ0) is 22.1. The fraction of sp³-hybridized carbons (Fsp3) is 0.381. The fourth-order valence-electron chi connectivity index (χ4n) is 4.23. The SMILES string of the molecule is C[C@@H]1CC[C@@H](C2C=c3cn[nH]c3=CC2F)N(C(=O)C(=O)Nc2cncc(C(N)=O)c2)C1. The number of halogens is 1. The number of alkyl halides is 1. The summed E-state index contributed by atoms with van der Waals surface area (Å²) in [5.74, 6) is -2.71. The number of nitrogens with zero attached hydrogens (tertiary/aromatic N) is 3. The summed E-state index contributed by atoms with van der Waals surface area (Å²) in [6.45, 7) is 2.35. The Labute approximate surface area is 177 Å². The summed E-state index contributed by atoms with van der Waals surface area (Å²) in [7, 11) is 0. The van der Waals surface area contributed by atoms with Crippen molar-refractivity contribution in [2.75, 3.05) is 11.9 Å². The first-order valence-corrected chi connectivity index (χ1v) is 10.1. The summed E-state index contributed by atoms with van der Waals surface area (Å²) in [5, 5.41) is 10.6. The molecule has 4 rings (SSSR count). The van der Waals surface area contributed by atoms with Crippen LogP contribution >= 0.6 is 0 Å². The minimum atomic E-state index is -1.30. The van der Waals surface area contributed by atoms with E-state index in [-0.39, 0.29) is 17.2 Å². The van der Waals surface area contributed by atoms with E-state index in [4.69, 9.17) is 5.73 Å². The molecule has 3 amide bonds. The van der Waals surface area contributed by atoms with Gasteiger partial charge >= 0.3 is 11.8 Å². The van der Waals surface area contributed by atoms with Crippen LogP contribution in [0.1, 0.15) is 30.1 Å². The monoisotopic (exact) mass is 426 g/mol. The number of anilines is 1. The third-order valence-electron chi connectivity index (χ3n) is 5.81. The Bertz CT molecular complexity index is 1150. The Balaban J connectivity index is 1.56. The van der Waals surface area contributed by atoms with E-state index in [0.717, 1.165) is 11.6 Å². The van der Waals surface area contributed by atoms with E-state index in [0.29, 0.717) is 18.3 Å². The van der Waals surface area contributed by atoms with Crippen molar-refractivity contribution in [3.63, 3.8) is 0 Å². The maximum absolute atomic E-state index is 15.0. The molecule has 162 valence electrons. The number of carbonyl (C=O) groups is 3. The van der Waals surface area contributed by atoms with Gasteiger partial charge in [0, 0.05) is 29.9 Å². The lowest BCUT2D eigenvalue weighted by Crippen LogP contribution is -2.55. The zero-order valence-electron chi connectivity index (χ0n) is 16.9. The number of rotatable bonds is 3. The van der Waals surface area contributed by atoms with Crippen LogP contribution < -0.4 is 21.6 Å². The van der Waals surface area contributed by atoms with Gasteiger partial charge in [0.25, 0.3) is 0 Å². The van der Waals surface area contributed by atoms with Gasteiger partial charge in [0.05, 0.1) is 29.0 Å². The van der Waals surface area contributed by atoms with Gasteiger partial charge < -0.3 is 16.0 Å². The molecule has 0 aromatic carbocycles. The maximum Gasteiger partial charge on any atom is 0.313 e. The van der Waals surface area contributed by atoms with Crippen molar-refractivity contribution in [1.29, 1.82) is 0 Å². The van der Waals surface area contributed by atoms with Gasteiger partial charge in [-0.2, -0.15) is 5.10 Å². The predicted molar refractivity (Wildman–Crippen MR) is 110 cm³/mol. The number of nitrogens with two attached hydrogens (primary N) is 1. The number of likely N-dealkylation sites (tertiary alicyclic amines) is 1. The smallest absolute Gasteiger partial charge is 0.313 e. The molecule has 10 heteroatoms. The van der Waals surface area contributed by atoms with Crippen LogP contribution in [0.2, 0.25) is 0 Å². The lowest BCUT2D eigenvalue weighted by Gasteiger charge is -2.42. The number of fused-ring (bicyclic) bond motifs is 1. The molecule has 1 saturated heterocycles. The number of amides is 3. The van der Waals surface area contributed by atoms with E-state index in [9.17, 15) is 18.8 Å². The summed E-state index contributed by atoms with van der Waals surface area (Å²) >= 11 is 0. The number of aromatic amines is 1. The van der Waals surface area contributed by atoms with Crippen molar-refractivity contribution in [3.05, 3.63) is 40.8 Å². The number of hydrogen-bond acceptors (Lipinski definition) is 5. The number of H-pyrrole nitrogens is 1. The van der Waals surface area contributed by atoms with Crippen molar-refractivity contribution < 1.29 is 18.8 Å². The molecule has 2 aliphatic rings. The molecular weight excluding hydrogens is 403 g/mol. The largest absolute Gasteiger partial charge is 0.366 e. The third-order valence-corrected chi connectivity index (χ3v) is 5.81. The van der Waals surface area contributed by atoms with E-state index in [1.807, 2.05) is 6.92 Å².